The Labute approximate surface area is 192 Å². The molecule has 3 rings (SSSR count). The van der Waals surface area contributed by atoms with Gasteiger partial charge in [0.2, 0.25) is 0 Å². The van der Waals surface area contributed by atoms with Gasteiger partial charge >= 0.3 is 19.4 Å². The van der Waals surface area contributed by atoms with Crippen LogP contribution in [0.4, 0.5) is 0 Å². The lowest BCUT2D eigenvalue weighted by Gasteiger charge is -2.29. The van der Waals surface area contributed by atoms with Crippen LogP contribution in [0.2, 0.25) is 0 Å². The number of hydrogen-bond acceptors (Lipinski definition) is 9. The zero-order valence-corrected chi connectivity index (χ0v) is 18.6. The second-order valence-corrected chi connectivity index (χ2v) is 9.05. The van der Waals surface area contributed by atoms with E-state index < -0.39 is 61.7 Å². The van der Waals surface area contributed by atoms with Crippen LogP contribution in [-0.2, 0) is 18.6 Å². The third-order valence-electron chi connectivity index (χ3n) is 4.93. The van der Waals surface area contributed by atoms with Crippen LogP contribution in [0.25, 0.3) is 0 Å². The third-order valence-corrected chi connectivity index (χ3v) is 6.56. The summed E-state index contributed by atoms with van der Waals surface area (Å²) >= 11 is 0. The van der Waals surface area contributed by atoms with Crippen molar-refractivity contribution in [3.05, 3.63) is 63.4 Å². The van der Waals surface area contributed by atoms with E-state index in [4.69, 9.17) is 20.2 Å². The number of aliphatic hydroxyl groups excluding tert-OH is 2. The zero-order valence-electron chi connectivity index (χ0n) is 17.7. The van der Waals surface area contributed by atoms with Gasteiger partial charge in [0.05, 0.1) is 0 Å². The molecule has 182 valence electrons. The van der Waals surface area contributed by atoms with Gasteiger partial charge in [0.15, 0.2) is 11.8 Å². The predicted octanol–water partition coefficient (Wildman–Crippen LogP) is -0.574. The van der Waals surface area contributed by atoms with E-state index in [1.54, 1.807) is 18.2 Å². The van der Waals surface area contributed by atoms with Crippen molar-refractivity contribution in [3.63, 3.8) is 0 Å². The number of nitrogens with one attached hydrogen (secondary N) is 2. The number of hydrogen-bond donors (Lipinski definition) is 5. The van der Waals surface area contributed by atoms with E-state index in [0.29, 0.717) is 0 Å². The number of ether oxygens (including phenoxy) is 1. The summed E-state index contributed by atoms with van der Waals surface area (Å²) in [6.07, 6.45) is 1.47. The first-order valence-electron chi connectivity index (χ1n) is 9.83. The van der Waals surface area contributed by atoms with Gasteiger partial charge in [-0.25, -0.2) is 9.36 Å². The molecule has 1 aliphatic rings. The highest BCUT2D eigenvalue weighted by molar-refractivity contribution is 7.52. The molecule has 5 N–H and O–H groups in total. The summed E-state index contributed by atoms with van der Waals surface area (Å²) in [5.41, 5.74) is -3.75. The number of carbonyl (C=O) groups is 1. The average molecular weight is 495 g/mol. The summed E-state index contributed by atoms with van der Waals surface area (Å²) in [4.78, 5) is 36.7. The van der Waals surface area contributed by atoms with E-state index in [9.17, 15) is 34.3 Å². The average Bonchev–Trinajstić information content (AvgIpc) is 3.04. The number of aliphatic carboxylic acids is 1. The molecule has 6 atom stereocenters. The summed E-state index contributed by atoms with van der Waals surface area (Å²) in [6, 6.07) is 7.35. The van der Waals surface area contributed by atoms with Gasteiger partial charge in [-0.2, -0.15) is 5.09 Å². The monoisotopic (exact) mass is 495 g/mol. The fourth-order valence-corrected chi connectivity index (χ4v) is 4.63. The Balaban J connectivity index is 1.88. The van der Waals surface area contributed by atoms with Crippen LogP contribution in [0.1, 0.15) is 13.2 Å². The number of H-pyrrole nitrogens is 1. The fraction of sp³-hybridized carbons (Fsp3) is 0.350. The number of rotatable bonds is 9. The second-order valence-electron chi connectivity index (χ2n) is 7.36. The summed E-state index contributed by atoms with van der Waals surface area (Å²) in [7, 11) is -4.43. The van der Waals surface area contributed by atoms with Crippen molar-refractivity contribution < 1.29 is 38.5 Å². The summed E-state index contributed by atoms with van der Waals surface area (Å²) in [6.45, 7) is 0.368. The maximum Gasteiger partial charge on any atom is 0.459 e. The van der Waals surface area contributed by atoms with E-state index in [-0.39, 0.29) is 5.75 Å². The van der Waals surface area contributed by atoms with Gasteiger partial charge in [0.25, 0.3) is 5.56 Å². The van der Waals surface area contributed by atoms with Crippen molar-refractivity contribution in [1.29, 1.82) is 0 Å². The first kappa shape index (κ1) is 25.4. The molecule has 2 aromatic rings. The van der Waals surface area contributed by atoms with Crippen LogP contribution in [0.5, 0.6) is 5.75 Å². The molecule has 0 bridgehead atoms. The summed E-state index contributed by atoms with van der Waals surface area (Å²) in [5.74, 6) is 0.866. The maximum absolute atomic E-state index is 13.4. The van der Waals surface area contributed by atoms with Gasteiger partial charge in [-0.15, -0.1) is 6.42 Å². The fourth-order valence-electron chi connectivity index (χ4n) is 3.10. The molecule has 34 heavy (non-hydrogen) atoms. The van der Waals surface area contributed by atoms with Crippen molar-refractivity contribution >= 4 is 13.7 Å². The van der Waals surface area contributed by atoms with Gasteiger partial charge in [-0.05, 0) is 19.1 Å². The standard InChI is InChI=1S/C20H22N3O10P/c1-3-20(16(26)15(25)17(32-20)23-10-9-14(24)21-19(23)29)11-31-34(30,22-12(2)18(27)28)33-13-7-5-4-6-8-13/h1,4-10,12,15-17,25-26H,11H2,2H3,(H,22,30)(H,27,28)(H,21,24,29)/t12?,15-,16+,17-,20-,34?/m1/s1. The molecule has 1 saturated heterocycles. The maximum atomic E-state index is 13.4. The molecule has 0 amide bonds. The van der Waals surface area contributed by atoms with Crippen molar-refractivity contribution in [2.24, 2.45) is 0 Å². The molecule has 0 aliphatic carbocycles. The largest absolute Gasteiger partial charge is 0.480 e. The van der Waals surface area contributed by atoms with Gasteiger partial charge in [0.1, 0.15) is 30.6 Å². The van der Waals surface area contributed by atoms with E-state index in [0.717, 1.165) is 16.8 Å². The number of aliphatic hydroxyl groups is 2. The lowest BCUT2D eigenvalue weighted by Crippen LogP contribution is -2.46. The lowest BCUT2D eigenvalue weighted by molar-refractivity contribution is -0.138. The van der Waals surface area contributed by atoms with E-state index in [1.165, 1.54) is 19.1 Å². The molecule has 0 spiro atoms. The second kappa shape index (κ2) is 9.94. The molecule has 0 radical (unpaired) electrons. The number of carboxylic acids is 1. The zero-order chi connectivity index (χ0) is 25.1. The number of carboxylic acid groups (broad SMARTS) is 1. The summed E-state index contributed by atoms with van der Waals surface area (Å²) < 4.78 is 30.5. The molecular weight excluding hydrogens is 473 g/mol. The number of terminal acetylenes is 1. The molecule has 2 unspecified atom stereocenters. The Morgan fingerprint density at radius 1 is 1.35 bits per heavy atom. The van der Waals surface area contributed by atoms with Crippen LogP contribution in [0.15, 0.2) is 52.2 Å². The Morgan fingerprint density at radius 3 is 2.62 bits per heavy atom. The van der Waals surface area contributed by atoms with Gasteiger partial charge in [-0.3, -0.25) is 23.7 Å². The first-order valence-corrected chi connectivity index (χ1v) is 11.4. The Bertz CT molecular complexity index is 1240. The van der Waals surface area contributed by atoms with Crippen molar-refractivity contribution in [1.82, 2.24) is 14.6 Å². The van der Waals surface area contributed by atoms with E-state index in [2.05, 4.69) is 11.0 Å². The molecule has 1 fully saturated rings. The van der Waals surface area contributed by atoms with E-state index in [1.807, 2.05) is 4.98 Å². The minimum Gasteiger partial charge on any atom is -0.480 e. The van der Waals surface area contributed by atoms with Crippen molar-refractivity contribution in [2.75, 3.05) is 6.61 Å². The molecular formula is C20H22N3O10P. The molecule has 0 saturated carbocycles. The molecule has 13 nitrogen and oxygen atoms in total. The van der Waals surface area contributed by atoms with Crippen molar-refractivity contribution in [3.8, 4) is 18.1 Å². The Hall–Kier alpha value is -3.24. The normalized spacial score (nSPS) is 26.8. The summed E-state index contributed by atoms with van der Waals surface area (Å²) in [5, 5.41) is 32.5. The topological polar surface area (TPSA) is 189 Å². The Morgan fingerprint density at radius 2 is 2.03 bits per heavy atom. The number of para-hydroxylation sites is 1. The van der Waals surface area contributed by atoms with Gasteiger partial charge < -0.3 is 24.6 Å². The number of aromatic amines is 1. The Kier molecular flexibility index (Phi) is 7.42. The van der Waals surface area contributed by atoms with Crippen LogP contribution in [-0.4, -0.2) is 61.3 Å². The third kappa shape index (κ3) is 5.28. The van der Waals surface area contributed by atoms with Gasteiger partial charge in [0, 0.05) is 12.3 Å². The van der Waals surface area contributed by atoms with Crippen LogP contribution in [0, 0.1) is 12.3 Å². The SMILES string of the molecule is C#C[C@]1(COP(=O)(NC(C)C(=O)O)Oc2ccccc2)O[C@@H](n2ccc(=O)[nH]c2=O)[C@H](O)[C@@H]1O. The van der Waals surface area contributed by atoms with Gasteiger partial charge in [-0.1, -0.05) is 24.1 Å². The lowest BCUT2D eigenvalue weighted by atomic mass is 9.97. The highest BCUT2D eigenvalue weighted by Crippen LogP contribution is 2.47. The molecule has 1 aliphatic heterocycles. The number of benzene rings is 1. The van der Waals surface area contributed by atoms with Crippen molar-refractivity contribution in [2.45, 2.75) is 37.0 Å². The van der Waals surface area contributed by atoms with Crippen LogP contribution < -0.4 is 20.9 Å². The predicted molar refractivity (Wildman–Crippen MR) is 116 cm³/mol. The molecule has 14 heteroatoms. The van der Waals surface area contributed by atoms with Crippen LogP contribution >= 0.6 is 7.75 Å². The molecule has 1 aromatic heterocycles. The molecule has 1 aromatic carbocycles. The highest BCUT2D eigenvalue weighted by atomic mass is 31.2. The van der Waals surface area contributed by atoms with Crippen LogP contribution in [0.3, 0.4) is 0 Å². The highest BCUT2D eigenvalue weighted by Gasteiger charge is 2.55. The number of nitrogens with zero attached hydrogens (tertiary/aromatic N) is 1. The minimum atomic E-state index is -4.43. The minimum absolute atomic E-state index is 0.0799. The first-order chi connectivity index (χ1) is 16.0. The number of aromatic nitrogens is 2. The quantitative estimate of drug-likeness (QED) is 0.221. The van der Waals surface area contributed by atoms with E-state index >= 15 is 0 Å². The molecule has 2 heterocycles. The smallest absolute Gasteiger partial charge is 0.459 e.